The van der Waals surface area contributed by atoms with Crippen LogP contribution in [-0.4, -0.2) is 37.3 Å². The Bertz CT molecular complexity index is 1280. The largest absolute Gasteiger partial charge is 0.376 e. The van der Waals surface area contributed by atoms with E-state index in [2.05, 4.69) is 31.7 Å². The molecule has 0 aliphatic rings. The normalized spacial score (nSPS) is 12.0. The van der Waals surface area contributed by atoms with Crippen LogP contribution < -0.4 is 21.5 Å². The minimum Gasteiger partial charge on any atom is -0.376 e. The maximum Gasteiger partial charge on any atom is 0.259 e. The predicted molar refractivity (Wildman–Crippen MR) is 166 cm³/mol. The van der Waals surface area contributed by atoms with Crippen molar-refractivity contribution in [3.8, 4) is 0 Å². The van der Waals surface area contributed by atoms with Gasteiger partial charge in [-0.1, -0.05) is 71.8 Å². The highest BCUT2D eigenvalue weighted by molar-refractivity contribution is 5.88. The van der Waals surface area contributed by atoms with Crippen LogP contribution in [0, 0.1) is 13.8 Å². The number of rotatable bonds is 12. The second-order valence-corrected chi connectivity index (χ2v) is 9.47. The molecule has 8 heteroatoms. The number of carbonyl (C=O) groups excluding carboxylic acids is 2. The summed E-state index contributed by atoms with van der Waals surface area (Å²) < 4.78 is 0. The Hall–Kier alpha value is -4.98. The predicted octanol–water partition coefficient (Wildman–Crippen LogP) is 5.54. The van der Waals surface area contributed by atoms with Gasteiger partial charge in [-0.05, 0) is 74.2 Å². The van der Waals surface area contributed by atoms with Crippen LogP contribution in [0.1, 0.15) is 36.1 Å². The molecule has 3 aromatic rings. The molecule has 0 unspecified atom stereocenters. The number of nitrogens with one attached hydrogen (secondary N) is 4. The average molecular weight is 537 g/mol. The number of hydrogen-bond donors (Lipinski definition) is 4. The third-order valence-electron chi connectivity index (χ3n) is 5.65. The Morgan fingerprint density at radius 1 is 0.600 bits per heavy atom. The first-order valence-corrected chi connectivity index (χ1v) is 13.0. The van der Waals surface area contributed by atoms with Gasteiger partial charge in [0.1, 0.15) is 0 Å². The number of anilines is 2. The quantitative estimate of drug-likeness (QED) is 0.180. The number of carbonyl (C=O) groups is 2. The maximum absolute atomic E-state index is 12.0. The Kier molecular flexibility index (Phi) is 11.4. The third kappa shape index (κ3) is 11.2. The summed E-state index contributed by atoms with van der Waals surface area (Å²) in [6.07, 6.45) is 7.18. The lowest BCUT2D eigenvalue weighted by Crippen LogP contribution is -2.25. The molecule has 0 aliphatic heterocycles. The van der Waals surface area contributed by atoms with E-state index in [1.54, 1.807) is 12.4 Å². The van der Waals surface area contributed by atoms with Crippen LogP contribution in [0.3, 0.4) is 0 Å². The molecule has 0 radical (unpaired) electrons. The van der Waals surface area contributed by atoms with Crippen molar-refractivity contribution in [2.75, 3.05) is 23.7 Å². The van der Waals surface area contributed by atoms with Crippen LogP contribution >= 0.6 is 0 Å². The first kappa shape index (κ1) is 29.6. The Morgan fingerprint density at radius 3 is 1.30 bits per heavy atom. The summed E-state index contributed by atoms with van der Waals surface area (Å²) in [5, 5.41) is 14.2. The molecule has 4 N–H and O–H groups in total. The lowest BCUT2D eigenvalue weighted by atomic mass is 10.1. The van der Waals surface area contributed by atoms with Gasteiger partial charge in [0.2, 0.25) is 0 Å². The molecule has 0 aromatic heterocycles. The molecule has 0 aliphatic carbocycles. The van der Waals surface area contributed by atoms with Crippen molar-refractivity contribution < 1.29 is 9.59 Å². The van der Waals surface area contributed by atoms with E-state index in [9.17, 15) is 9.59 Å². The minimum atomic E-state index is -0.224. The smallest absolute Gasteiger partial charge is 0.259 e. The number of aryl methyl sites for hydroxylation is 2. The SMILES string of the molecule is CC(/C=N\NC(=O)CNc1ccc(C)cc1)=C\c1ccc(/C=C(C)/C=N\NC(=O)CNc2ccc(C)cc2)cc1. The maximum atomic E-state index is 12.0. The van der Waals surface area contributed by atoms with E-state index >= 15 is 0 Å². The van der Waals surface area contributed by atoms with E-state index < -0.39 is 0 Å². The summed E-state index contributed by atoms with van der Waals surface area (Å²) in [5.41, 5.74) is 13.0. The van der Waals surface area contributed by atoms with Crippen molar-refractivity contribution in [3.05, 3.63) is 106 Å². The van der Waals surface area contributed by atoms with Crippen LogP contribution in [0.15, 0.2) is 94.1 Å². The van der Waals surface area contributed by atoms with Crippen molar-refractivity contribution in [1.29, 1.82) is 0 Å². The number of benzene rings is 3. The molecular weight excluding hydrogens is 500 g/mol. The Labute approximate surface area is 236 Å². The molecule has 3 aromatic carbocycles. The molecule has 206 valence electrons. The zero-order valence-corrected chi connectivity index (χ0v) is 23.4. The Morgan fingerprint density at radius 2 is 0.950 bits per heavy atom. The van der Waals surface area contributed by atoms with Gasteiger partial charge in [-0.25, -0.2) is 10.9 Å². The van der Waals surface area contributed by atoms with Crippen LogP contribution in [-0.2, 0) is 9.59 Å². The lowest BCUT2D eigenvalue weighted by Gasteiger charge is -2.05. The fraction of sp³-hybridized carbons (Fsp3) is 0.188. The second-order valence-electron chi connectivity index (χ2n) is 9.47. The second kappa shape index (κ2) is 15.4. The van der Waals surface area contributed by atoms with E-state index in [0.717, 1.165) is 33.6 Å². The van der Waals surface area contributed by atoms with Crippen LogP contribution in [0.5, 0.6) is 0 Å². The van der Waals surface area contributed by atoms with E-state index in [1.807, 2.05) is 113 Å². The van der Waals surface area contributed by atoms with Gasteiger partial charge in [-0.2, -0.15) is 10.2 Å². The van der Waals surface area contributed by atoms with E-state index in [1.165, 1.54) is 11.1 Å². The number of hydrazone groups is 2. The Balaban J connectivity index is 1.40. The van der Waals surface area contributed by atoms with E-state index in [0.29, 0.717) is 0 Å². The van der Waals surface area contributed by atoms with Crippen molar-refractivity contribution in [2.24, 2.45) is 10.2 Å². The minimum absolute atomic E-state index is 0.139. The fourth-order valence-electron chi connectivity index (χ4n) is 3.49. The van der Waals surface area contributed by atoms with Gasteiger partial charge in [0, 0.05) is 11.4 Å². The number of allylic oxidation sites excluding steroid dienone is 2. The van der Waals surface area contributed by atoms with E-state index in [4.69, 9.17) is 0 Å². The average Bonchev–Trinajstić information content (AvgIpc) is 2.93. The molecule has 0 fully saturated rings. The standard InChI is InChI=1S/C32H36N6O2/c1-23-5-13-29(14-6-23)33-21-31(39)37-35-19-25(3)17-27-9-11-28(12-10-27)18-26(4)20-36-38-32(40)22-34-30-15-7-24(2)8-16-30/h5-20,33-34H,21-22H2,1-4H3,(H,37,39)(H,38,40)/b25-17+,26-18+,35-19-,36-20-. The van der Waals surface area contributed by atoms with Crippen molar-refractivity contribution >= 4 is 47.8 Å². The summed E-state index contributed by atoms with van der Waals surface area (Å²) in [4.78, 5) is 24.0. The van der Waals surface area contributed by atoms with Gasteiger partial charge >= 0.3 is 0 Å². The molecular formula is C32H36N6O2. The van der Waals surface area contributed by atoms with Gasteiger partial charge in [0.25, 0.3) is 11.8 Å². The summed E-state index contributed by atoms with van der Waals surface area (Å²) in [6.45, 7) is 8.14. The zero-order chi connectivity index (χ0) is 28.7. The number of hydrogen-bond acceptors (Lipinski definition) is 6. The highest BCUT2D eigenvalue weighted by atomic mass is 16.2. The first-order chi connectivity index (χ1) is 19.3. The summed E-state index contributed by atoms with van der Waals surface area (Å²) >= 11 is 0. The van der Waals surface area contributed by atoms with Gasteiger partial charge in [-0.15, -0.1) is 0 Å². The van der Waals surface area contributed by atoms with E-state index in [-0.39, 0.29) is 24.9 Å². The lowest BCUT2D eigenvalue weighted by molar-refractivity contribution is -0.120. The van der Waals surface area contributed by atoms with Crippen LogP contribution in [0.25, 0.3) is 12.2 Å². The third-order valence-corrected chi connectivity index (χ3v) is 5.65. The summed E-state index contributed by atoms with van der Waals surface area (Å²) in [5.74, 6) is -0.448. The highest BCUT2D eigenvalue weighted by Crippen LogP contribution is 2.12. The molecule has 3 rings (SSSR count). The van der Waals surface area contributed by atoms with Crippen molar-refractivity contribution in [1.82, 2.24) is 10.9 Å². The molecule has 0 spiro atoms. The number of amides is 2. The molecule has 0 heterocycles. The van der Waals surface area contributed by atoms with Gasteiger partial charge in [-0.3, -0.25) is 9.59 Å². The number of nitrogens with zero attached hydrogens (tertiary/aromatic N) is 2. The molecule has 2 amide bonds. The van der Waals surface area contributed by atoms with Crippen LogP contribution in [0.4, 0.5) is 11.4 Å². The summed E-state index contributed by atoms with van der Waals surface area (Å²) in [6, 6.07) is 23.7. The molecule has 0 saturated heterocycles. The zero-order valence-electron chi connectivity index (χ0n) is 23.4. The molecule has 0 atom stereocenters. The monoisotopic (exact) mass is 536 g/mol. The fourth-order valence-corrected chi connectivity index (χ4v) is 3.49. The topological polar surface area (TPSA) is 107 Å². The highest BCUT2D eigenvalue weighted by Gasteiger charge is 2.00. The molecule has 40 heavy (non-hydrogen) atoms. The van der Waals surface area contributed by atoms with Crippen molar-refractivity contribution in [2.45, 2.75) is 27.7 Å². The van der Waals surface area contributed by atoms with Crippen LogP contribution in [0.2, 0.25) is 0 Å². The molecule has 0 bridgehead atoms. The molecule has 0 saturated carbocycles. The van der Waals surface area contributed by atoms with Gasteiger partial charge in [0.15, 0.2) is 0 Å². The van der Waals surface area contributed by atoms with Gasteiger partial charge < -0.3 is 10.6 Å². The molecule has 8 nitrogen and oxygen atoms in total. The van der Waals surface area contributed by atoms with Gasteiger partial charge in [0.05, 0.1) is 25.5 Å². The van der Waals surface area contributed by atoms with Crippen molar-refractivity contribution in [3.63, 3.8) is 0 Å². The summed E-state index contributed by atoms with van der Waals surface area (Å²) in [7, 11) is 0. The first-order valence-electron chi connectivity index (χ1n) is 13.0.